The van der Waals surface area contributed by atoms with Gasteiger partial charge in [-0.05, 0) is 37.3 Å². The summed E-state index contributed by atoms with van der Waals surface area (Å²) in [5, 5.41) is 11.5. The normalized spacial score (nSPS) is 21.6. The van der Waals surface area contributed by atoms with Crippen LogP contribution in [0.25, 0.3) is 0 Å². The number of nitrogens with zero attached hydrogens (tertiary/aromatic N) is 1. The molecule has 1 aliphatic heterocycles. The lowest BCUT2D eigenvalue weighted by Crippen LogP contribution is -2.46. The number of carbonyl (C=O) groups is 1. The van der Waals surface area contributed by atoms with E-state index in [9.17, 15) is 9.90 Å². The Balaban J connectivity index is 2.19. The summed E-state index contributed by atoms with van der Waals surface area (Å²) in [7, 11) is 0. The van der Waals surface area contributed by atoms with Gasteiger partial charge in [-0.2, -0.15) is 0 Å². The molecule has 0 spiro atoms. The Kier molecular flexibility index (Phi) is 4.37. The molecule has 5 heteroatoms. The van der Waals surface area contributed by atoms with E-state index >= 15 is 0 Å². The summed E-state index contributed by atoms with van der Waals surface area (Å²) >= 11 is 1.66. The van der Waals surface area contributed by atoms with E-state index in [1.165, 1.54) is 4.88 Å². The molecule has 1 aromatic rings. The summed E-state index contributed by atoms with van der Waals surface area (Å²) in [6.45, 7) is 6.02. The average Bonchev–Trinajstić information content (AvgIpc) is 2.82. The van der Waals surface area contributed by atoms with Crippen LogP contribution in [0.4, 0.5) is 0 Å². The second kappa shape index (κ2) is 5.82. The van der Waals surface area contributed by atoms with Gasteiger partial charge in [0.1, 0.15) is 6.04 Å². The van der Waals surface area contributed by atoms with Crippen LogP contribution in [0, 0.1) is 0 Å². The Hall–Kier alpha value is -0.910. The molecule has 0 saturated carbocycles. The van der Waals surface area contributed by atoms with Gasteiger partial charge in [-0.1, -0.05) is 0 Å². The van der Waals surface area contributed by atoms with Crippen molar-refractivity contribution in [1.29, 1.82) is 0 Å². The van der Waals surface area contributed by atoms with Crippen molar-refractivity contribution in [3.05, 3.63) is 21.9 Å². The number of rotatable bonds is 5. The lowest BCUT2D eigenvalue weighted by molar-refractivity contribution is -0.145. The zero-order chi connectivity index (χ0) is 13.1. The highest BCUT2D eigenvalue weighted by molar-refractivity contribution is 7.10. The van der Waals surface area contributed by atoms with Crippen LogP contribution in [0.3, 0.4) is 0 Å². The lowest BCUT2D eigenvalue weighted by Gasteiger charge is -2.37. The summed E-state index contributed by atoms with van der Waals surface area (Å²) in [5.74, 6) is -0.766. The number of hydrogen-bond acceptors (Lipinski definition) is 4. The molecule has 2 atom stereocenters. The Bertz CT molecular complexity index is 418. The van der Waals surface area contributed by atoms with Gasteiger partial charge in [0, 0.05) is 24.1 Å². The van der Waals surface area contributed by atoms with Crippen LogP contribution in [0.15, 0.2) is 11.4 Å². The van der Waals surface area contributed by atoms with Gasteiger partial charge in [0.05, 0.1) is 6.61 Å². The molecule has 2 heterocycles. The summed E-state index contributed by atoms with van der Waals surface area (Å²) in [6, 6.07) is 1.55. The third-order valence-corrected chi connectivity index (χ3v) is 4.36. The van der Waals surface area contributed by atoms with Crippen molar-refractivity contribution < 1.29 is 14.6 Å². The number of hydrogen-bond donors (Lipinski definition) is 1. The predicted octanol–water partition coefficient (Wildman–Crippen LogP) is 2.16. The average molecular weight is 269 g/mol. The first kappa shape index (κ1) is 13.5. The van der Waals surface area contributed by atoms with Crippen molar-refractivity contribution in [3.63, 3.8) is 0 Å². The van der Waals surface area contributed by atoms with E-state index in [-0.39, 0.29) is 6.04 Å². The molecule has 0 aliphatic carbocycles. The standard InChI is InChI=1S/C13H19NO3S/c1-3-17-8-9(2)14-6-4-11-10(5-7-18-11)12(14)13(15)16/h5,7,9,12H,3-4,6,8H2,1-2H3,(H,15,16). The van der Waals surface area contributed by atoms with Gasteiger partial charge in [0.15, 0.2) is 0 Å². The minimum Gasteiger partial charge on any atom is -0.480 e. The Morgan fingerprint density at radius 2 is 2.50 bits per heavy atom. The van der Waals surface area contributed by atoms with Crippen molar-refractivity contribution in [2.45, 2.75) is 32.4 Å². The molecule has 0 fully saturated rings. The largest absolute Gasteiger partial charge is 0.480 e. The van der Waals surface area contributed by atoms with Gasteiger partial charge in [-0.25, -0.2) is 0 Å². The van der Waals surface area contributed by atoms with Crippen molar-refractivity contribution in [3.8, 4) is 0 Å². The van der Waals surface area contributed by atoms with E-state index < -0.39 is 12.0 Å². The van der Waals surface area contributed by atoms with Gasteiger partial charge in [-0.3, -0.25) is 9.69 Å². The molecule has 1 aromatic heterocycles. The highest BCUT2D eigenvalue weighted by Gasteiger charge is 2.36. The first-order valence-electron chi connectivity index (χ1n) is 6.27. The minimum atomic E-state index is -0.766. The van der Waals surface area contributed by atoms with Crippen LogP contribution in [-0.2, 0) is 16.0 Å². The molecule has 4 nitrogen and oxygen atoms in total. The van der Waals surface area contributed by atoms with E-state index in [0.717, 1.165) is 18.5 Å². The van der Waals surface area contributed by atoms with Crippen molar-refractivity contribution >= 4 is 17.3 Å². The highest BCUT2D eigenvalue weighted by Crippen LogP contribution is 2.34. The lowest BCUT2D eigenvalue weighted by atomic mass is 9.98. The smallest absolute Gasteiger partial charge is 0.325 e. The topological polar surface area (TPSA) is 49.8 Å². The first-order valence-corrected chi connectivity index (χ1v) is 7.15. The second-order valence-corrected chi connectivity index (χ2v) is 5.54. The number of fused-ring (bicyclic) bond motifs is 1. The molecule has 2 rings (SSSR count). The van der Waals surface area contributed by atoms with Crippen molar-refractivity contribution in [1.82, 2.24) is 4.90 Å². The Morgan fingerprint density at radius 3 is 3.17 bits per heavy atom. The fourth-order valence-corrected chi connectivity index (χ4v) is 3.37. The molecule has 0 saturated heterocycles. The third-order valence-electron chi connectivity index (χ3n) is 3.37. The van der Waals surface area contributed by atoms with Crippen LogP contribution >= 0.6 is 11.3 Å². The molecule has 18 heavy (non-hydrogen) atoms. The summed E-state index contributed by atoms with van der Waals surface area (Å²) < 4.78 is 5.41. The monoisotopic (exact) mass is 269 g/mol. The summed E-state index contributed by atoms with van der Waals surface area (Å²) in [6.07, 6.45) is 0.938. The molecular weight excluding hydrogens is 250 g/mol. The number of carboxylic acids is 1. The molecule has 2 unspecified atom stereocenters. The van der Waals surface area contributed by atoms with Crippen LogP contribution in [0.2, 0.25) is 0 Å². The van der Waals surface area contributed by atoms with Crippen molar-refractivity contribution in [2.75, 3.05) is 19.8 Å². The van der Waals surface area contributed by atoms with Gasteiger partial charge in [0.25, 0.3) is 0 Å². The minimum absolute atomic E-state index is 0.124. The van der Waals surface area contributed by atoms with E-state index in [1.54, 1.807) is 11.3 Å². The Labute approximate surface area is 111 Å². The van der Waals surface area contributed by atoms with Gasteiger partial charge < -0.3 is 9.84 Å². The maximum absolute atomic E-state index is 11.5. The van der Waals surface area contributed by atoms with Gasteiger partial charge in [-0.15, -0.1) is 11.3 Å². The predicted molar refractivity (Wildman–Crippen MR) is 71.1 cm³/mol. The fourth-order valence-electron chi connectivity index (χ4n) is 2.47. The van der Waals surface area contributed by atoms with E-state index in [1.807, 2.05) is 30.2 Å². The molecule has 0 radical (unpaired) electrons. The van der Waals surface area contributed by atoms with Crippen molar-refractivity contribution in [2.24, 2.45) is 0 Å². The zero-order valence-corrected chi connectivity index (χ0v) is 11.6. The van der Waals surface area contributed by atoms with Crippen LogP contribution in [-0.4, -0.2) is 41.8 Å². The molecular formula is C13H19NO3S. The molecule has 0 aromatic carbocycles. The third kappa shape index (κ3) is 2.58. The fraction of sp³-hybridized carbons (Fsp3) is 0.615. The van der Waals surface area contributed by atoms with E-state index in [0.29, 0.717) is 13.2 Å². The molecule has 100 valence electrons. The molecule has 1 N–H and O–H groups in total. The van der Waals surface area contributed by atoms with E-state index in [4.69, 9.17) is 4.74 Å². The van der Waals surface area contributed by atoms with Crippen LogP contribution in [0.1, 0.15) is 30.3 Å². The SMILES string of the molecule is CCOCC(C)N1CCc2sccc2C1C(=O)O. The molecule has 0 bridgehead atoms. The molecule has 0 amide bonds. The Morgan fingerprint density at radius 1 is 1.72 bits per heavy atom. The van der Waals surface area contributed by atoms with Crippen LogP contribution < -0.4 is 0 Å². The van der Waals surface area contributed by atoms with Crippen LogP contribution in [0.5, 0.6) is 0 Å². The maximum Gasteiger partial charge on any atom is 0.325 e. The quantitative estimate of drug-likeness (QED) is 0.890. The number of ether oxygens (including phenoxy) is 1. The number of aliphatic carboxylic acids is 1. The second-order valence-electron chi connectivity index (χ2n) is 4.54. The number of thiophene rings is 1. The molecule has 1 aliphatic rings. The highest BCUT2D eigenvalue weighted by atomic mass is 32.1. The summed E-state index contributed by atoms with van der Waals surface area (Å²) in [4.78, 5) is 14.8. The summed E-state index contributed by atoms with van der Waals surface area (Å²) in [5.41, 5.74) is 0.960. The van der Waals surface area contributed by atoms with Gasteiger partial charge in [0.2, 0.25) is 0 Å². The first-order chi connectivity index (χ1) is 8.65. The van der Waals surface area contributed by atoms with E-state index in [2.05, 4.69) is 0 Å². The maximum atomic E-state index is 11.5. The number of carboxylic acid groups (broad SMARTS) is 1. The zero-order valence-electron chi connectivity index (χ0n) is 10.8. The van der Waals surface area contributed by atoms with Gasteiger partial charge >= 0.3 is 5.97 Å².